The number of ether oxygens (including phenoxy) is 1. The first kappa shape index (κ1) is 18.9. The van der Waals surface area contributed by atoms with E-state index in [4.69, 9.17) is 0 Å². The molecule has 2 rings (SSSR count). The van der Waals surface area contributed by atoms with Gasteiger partial charge in [0.2, 0.25) is 0 Å². The lowest BCUT2D eigenvalue weighted by molar-refractivity contribution is 0.168. The Morgan fingerprint density at radius 3 is 2.20 bits per heavy atom. The Morgan fingerprint density at radius 2 is 1.68 bits per heavy atom. The molecule has 12 heteroatoms. The van der Waals surface area contributed by atoms with Gasteiger partial charge in [-0.1, -0.05) is 0 Å². The van der Waals surface area contributed by atoms with E-state index >= 15 is 0 Å². The molecule has 0 aromatic heterocycles. The Morgan fingerprint density at radius 1 is 1.08 bits per heavy atom. The van der Waals surface area contributed by atoms with Crippen LogP contribution in [0.2, 0.25) is 0 Å². The average molecular weight is 391 g/mol. The largest absolute Gasteiger partial charge is 0.507 e. The molecule has 0 saturated heterocycles. The summed E-state index contributed by atoms with van der Waals surface area (Å²) in [4.78, 5) is 9.91. The van der Waals surface area contributed by atoms with Crippen LogP contribution in [0.15, 0.2) is 34.1 Å². The number of carbonyl (C=O) groups excluding carboxylic acids is 1. The lowest BCUT2D eigenvalue weighted by Gasteiger charge is -2.13. The number of carbonyl (C=O) groups is 1. The number of benzene rings is 2. The van der Waals surface area contributed by atoms with Gasteiger partial charge in [0.25, 0.3) is 20.2 Å². The maximum Gasteiger partial charge on any atom is 0.411 e. The molecule has 0 bridgehead atoms. The third-order valence-corrected chi connectivity index (χ3v) is 4.88. The van der Waals surface area contributed by atoms with E-state index in [-0.39, 0.29) is 12.3 Å². The molecular weight excluding hydrogens is 378 g/mol. The molecule has 0 saturated carbocycles. The summed E-state index contributed by atoms with van der Waals surface area (Å²) in [5.41, 5.74) is -0.242. The van der Waals surface area contributed by atoms with E-state index in [1.165, 1.54) is 6.92 Å². The van der Waals surface area contributed by atoms with E-state index < -0.39 is 52.6 Å². The minimum Gasteiger partial charge on any atom is -0.507 e. The van der Waals surface area contributed by atoms with E-state index in [1.54, 1.807) is 0 Å². The lowest BCUT2D eigenvalue weighted by atomic mass is 10.1. The molecule has 2 aromatic carbocycles. The Hall–Kier alpha value is -2.41. The number of hydrogen-bond donors (Lipinski definition) is 4. The fourth-order valence-electron chi connectivity index (χ4n) is 2.19. The van der Waals surface area contributed by atoms with Crippen molar-refractivity contribution < 1.29 is 40.6 Å². The second-order valence-electron chi connectivity index (χ2n) is 4.78. The number of fused-ring (bicyclic) bond motifs is 1. The van der Waals surface area contributed by atoms with Crippen molar-refractivity contribution in [2.45, 2.75) is 16.7 Å². The zero-order valence-corrected chi connectivity index (χ0v) is 14.3. The second-order valence-corrected chi connectivity index (χ2v) is 7.56. The molecule has 0 fully saturated rings. The van der Waals surface area contributed by atoms with Crippen molar-refractivity contribution in [3.8, 4) is 5.75 Å². The van der Waals surface area contributed by atoms with Gasteiger partial charge in [-0.3, -0.25) is 14.4 Å². The molecule has 25 heavy (non-hydrogen) atoms. The van der Waals surface area contributed by atoms with Gasteiger partial charge in [-0.15, -0.1) is 0 Å². The second kappa shape index (κ2) is 6.48. The molecule has 0 radical (unpaired) electrons. The predicted octanol–water partition coefficient (Wildman–Crippen LogP) is 1.61. The third kappa shape index (κ3) is 3.99. The van der Waals surface area contributed by atoms with Crippen LogP contribution in [0.25, 0.3) is 10.8 Å². The average Bonchev–Trinajstić information content (AvgIpc) is 2.44. The van der Waals surface area contributed by atoms with Crippen molar-refractivity contribution in [3.05, 3.63) is 24.3 Å². The highest BCUT2D eigenvalue weighted by Gasteiger charge is 2.24. The summed E-state index contributed by atoms with van der Waals surface area (Å²) >= 11 is 0. The summed E-state index contributed by atoms with van der Waals surface area (Å²) in [5.74, 6) is -0.655. The van der Waals surface area contributed by atoms with Crippen molar-refractivity contribution >= 4 is 42.8 Å². The minimum absolute atomic E-state index is 0.0155. The summed E-state index contributed by atoms with van der Waals surface area (Å²) in [5, 5.41) is 11.1. The van der Waals surface area contributed by atoms with E-state index in [0.717, 1.165) is 24.3 Å². The lowest BCUT2D eigenvalue weighted by Crippen LogP contribution is -2.14. The van der Waals surface area contributed by atoms with Crippen molar-refractivity contribution in [3.63, 3.8) is 0 Å². The molecule has 0 aliphatic heterocycles. The van der Waals surface area contributed by atoms with Crippen molar-refractivity contribution in [2.24, 2.45) is 0 Å². The van der Waals surface area contributed by atoms with E-state index in [9.17, 15) is 35.8 Å². The zero-order chi connectivity index (χ0) is 19.0. The van der Waals surface area contributed by atoms with Crippen LogP contribution in [-0.2, 0) is 25.0 Å². The number of hydrogen-bond acceptors (Lipinski definition) is 7. The first-order chi connectivity index (χ1) is 11.4. The van der Waals surface area contributed by atoms with E-state index in [2.05, 4.69) is 10.1 Å². The third-order valence-electron chi connectivity index (χ3n) is 3.09. The molecule has 0 unspecified atom stereocenters. The van der Waals surface area contributed by atoms with Crippen LogP contribution < -0.4 is 5.32 Å². The molecule has 10 nitrogen and oxygen atoms in total. The number of phenols is 1. The fourth-order valence-corrected chi connectivity index (χ4v) is 3.61. The maximum atomic E-state index is 11.6. The van der Waals surface area contributed by atoms with Crippen LogP contribution in [-0.4, -0.2) is 43.7 Å². The summed E-state index contributed by atoms with van der Waals surface area (Å²) in [6.07, 6.45) is -0.961. The van der Waals surface area contributed by atoms with Gasteiger partial charge in [0, 0.05) is 16.5 Å². The summed E-state index contributed by atoms with van der Waals surface area (Å²) in [6.45, 7) is 1.54. The molecule has 0 heterocycles. The van der Waals surface area contributed by atoms with Crippen LogP contribution in [0, 0.1) is 0 Å². The van der Waals surface area contributed by atoms with Crippen LogP contribution >= 0.6 is 0 Å². The Bertz CT molecular complexity index is 1060. The van der Waals surface area contributed by atoms with Gasteiger partial charge in [-0.2, -0.15) is 16.8 Å². The zero-order valence-electron chi connectivity index (χ0n) is 12.6. The number of phenolic OH excluding ortho intramolecular Hbond substituents is 1. The highest BCUT2D eigenvalue weighted by molar-refractivity contribution is 7.86. The van der Waals surface area contributed by atoms with Gasteiger partial charge >= 0.3 is 6.09 Å². The molecule has 0 spiro atoms. The number of anilines is 1. The summed E-state index contributed by atoms with van der Waals surface area (Å²) in [6, 6.07) is 3.50. The fraction of sp³-hybridized carbons (Fsp3) is 0.154. The first-order valence-electron chi connectivity index (χ1n) is 6.63. The Balaban J connectivity index is 2.91. The van der Waals surface area contributed by atoms with E-state index in [0.29, 0.717) is 0 Å². The first-order valence-corrected chi connectivity index (χ1v) is 9.51. The number of amides is 1. The smallest absolute Gasteiger partial charge is 0.411 e. The SMILES string of the molecule is CCOC(=O)Nc1cc(S(=O)(=O)O)c2c(O)ccc(S(=O)(=O)O)c2c1. The maximum absolute atomic E-state index is 11.6. The topological polar surface area (TPSA) is 167 Å². The van der Waals surface area contributed by atoms with Gasteiger partial charge in [-0.25, -0.2) is 4.79 Å². The Kier molecular flexibility index (Phi) is 4.90. The highest BCUT2D eigenvalue weighted by atomic mass is 32.2. The van der Waals surface area contributed by atoms with E-state index in [1.807, 2.05) is 0 Å². The normalized spacial score (nSPS) is 12.1. The Labute approximate surface area is 142 Å². The van der Waals surface area contributed by atoms with Crippen molar-refractivity contribution in [1.82, 2.24) is 0 Å². The summed E-state index contributed by atoms with van der Waals surface area (Å²) < 4.78 is 69.5. The number of aromatic hydroxyl groups is 1. The quantitative estimate of drug-likeness (QED) is 0.566. The van der Waals surface area contributed by atoms with Crippen LogP contribution in [0.3, 0.4) is 0 Å². The van der Waals surface area contributed by atoms with Gasteiger partial charge < -0.3 is 9.84 Å². The molecular formula is C13H13NO9S2. The molecule has 136 valence electrons. The molecule has 2 aromatic rings. The van der Waals surface area contributed by atoms with Crippen LogP contribution in [0.4, 0.5) is 10.5 Å². The van der Waals surface area contributed by atoms with Gasteiger partial charge in [0.05, 0.1) is 6.61 Å². The molecule has 4 N–H and O–H groups in total. The minimum atomic E-state index is -4.91. The predicted molar refractivity (Wildman–Crippen MR) is 85.9 cm³/mol. The highest BCUT2D eigenvalue weighted by Crippen LogP contribution is 2.37. The van der Waals surface area contributed by atoms with Crippen molar-refractivity contribution in [1.29, 1.82) is 0 Å². The molecule has 0 atom stereocenters. The summed E-state index contributed by atoms with van der Waals surface area (Å²) in [7, 11) is -9.71. The molecule has 1 amide bonds. The monoisotopic (exact) mass is 391 g/mol. The van der Waals surface area contributed by atoms with Gasteiger partial charge in [0.1, 0.15) is 15.5 Å². The van der Waals surface area contributed by atoms with Gasteiger partial charge in [-0.05, 0) is 31.2 Å². The number of rotatable bonds is 4. The molecule has 0 aliphatic rings. The van der Waals surface area contributed by atoms with Crippen LogP contribution in [0.5, 0.6) is 5.75 Å². The van der Waals surface area contributed by atoms with Crippen molar-refractivity contribution in [2.75, 3.05) is 11.9 Å². The molecule has 0 aliphatic carbocycles. The van der Waals surface area contributed by atoms with Gasteiger partial charge in [0.15, 0.2) is 0 Å². The standard InChI is InChI=1S/C13H13NO9S2/c1-2-23-13(16)14-7-5-8-10(24(17,18)19)4-3-9(15)12(8)11(6-7)25(20,21)22/h3-6,15H,2H2,1H3,(H,14,16)(H,17,18,19)(H,20,21,22). The van der Waals surface area contributed by atoms with Crippen LogP contribution in [0.1, 0.15) is 6.92 Å². The number of nitrogens with one attached hydrogen (secondary N) is 1.